The summed E-state index contributed by atoms with van der Waals surface area (Å²) in [5.41, 5.74) is 6.76. The molecule has 1 aliphatic carbocycles. The predicted octanol–water partition coefficient (Wildman–Crippen LogP) is 1.49. The lowest BCUT2D eigenvalue weighted by molar-refractivity contribution is -0.143. The third-order valence-corrected chi connectivity index (χ3v) is 3.32. The van der Waals surface area contributed by atoms with Gasteiger partial charge in [0.1, 0.15) is 17.4 Å². The van der Waals surface area contributed by atoms with Crippen LogP contribution in [0.4, 0.5) is 10.5 Å². The monoisotopic (exact) mass is 308 g/mol. The highest BCUT2D eigenvalue weighted by Crippen LogP contribution is 2.52. The first-order valence-corrected chi connectivity index (χ1v) is 6.84. The summed E-state index contributed by atoms with van der Waals surface area (Å²) in [5.74, 6) is -1.08. The number of phenolic OH excluding ortho intramolecular Hbond substituents is 1. The zero-order valence-corrected chi connectivity index (χ0v) is 13.0. The maximum absolute atomic E-state index is 12.0. The smallest absolute Gasteiger partial charge is 0.408 e. The van der Waals surface area contributed by atoms with Crippen LogP contribution < -0.4 is 11.1 Å². The number of nitrogens with two attached hydrogens (primary N) is 1. The van der Waals surface area contributed by atoms with Gasteiger partial charge >= 0.3 is 12.1 Å². The lowest BCUT2D eigenvalue weighted by atomic mass is 10.1. The number of rotatable bonds is 3. The second-order valence-electron chi connectivity index (χ2n) is 6.13. The summed E-state index contributed by atoms with van der Waals surface area (Å²) in [7, 11) is 1.24. The Labute approximate surface area is 128 Å². The highest BCUT2D eigenvalue weighted by molar-refractivity contribution is 5.87. The normalized spacial score (nSPS) is 17.2. The minimum Gasteiger partial charge on any atom is -0.506 e. The van der Waals surface area contributed by atoms with Crippen LogP contribution in [0.3, 0.4) is 0 Å². The summed E-state index contributed by atoms with van der Waals surface area (Å²) >= 11 is 0. The fraction of sp³-hybridized carbons (Fsp3) is 0.467. The molecule has 1 aliphatic rings. The molecule has 1 aromatic rings. The topological polar surface area (TPSA) is 111 Å². The minimum absolute atomic E-state index is 0.0536. The van der Waals surface area contributed by atoms with Crippen molar-refractivity contribution in [2.24, 2.45) is 0 Å². The van der Waals surface area contributed by atoms with E-state index in [1.165, 1.54) is 13.2 Å². The van der Waals surface area contributed by atoms with E-state index >= 15 is 0 Å². The molecule has 0 saturated heterocycles. The first-order chi connectivity index (χ1) is 10.2. The average Bonchev–Trinajstić information content (AvgIpc) is 3.12. The van der Waals surface area contributed by atoms with Gasteiger partial charge in [-0.15, -0.1) is 0 Å². The van der Waals surface area contributed by atoms with Crippen molar-refractivity contribution in [2.75, 3.05) is 12.8 Å². The van der Waals surface area contributed by atoms with Gasteiger partial charge in [-0.25, -0.2) is 9.59 Å². The van der Waals surface area contributed by atoms with E-state index < -0.39 is 29.6 Å². The average molecular weight is 308 g/mol. The van der Waals surface area contributed by atoms with Crippen LogP contribution in [0.15, 0.2) is 12.1 Å². The highest BCUT2D eigenvalue weighted by Gasteiger charge is 2.47. The van der Waals surface area contributed by atoms with Crippen LogP contribution in [-0.2, 0) is 14.3 Å². The molecule has 0 spiro atoms. The van der Waals surface area contributed by atoms with Gasteiger partial charge in [0, 0.05) is 5.92 Å². The first kappa shape index (κ1) is 15.9. The Bertz CT molecular complexity index is 621. The molecule has 7 heteroatoms. The number of anilines is 1. The maximum atomic E-state index is 12.0. The number of amides is 1. The van der Waals surface area contributed by atoms with Crippen LogP contribution in [-0.4, -0.2) is 35.9 Å². The number of esters is 1. The maximum Gasteiger partial charge on any atom is 0.408 e. The first-order valence-electron chi connectivity index (χ1n) is 6.84. The van der Waals surface area contributed by atoms with Crippen molar-refractivity contribution in [3.8, 4) is 5.75 Å². The van der Waals surface area contributed by atoms with E-state index in [-0.39, 0.29) is 11.4 Å². The number of nitrogen functional groups attached to an aromatic ring is 1. The van der Waals surface area contributed by atoms with Gasteiger partial charge in [0.2, 0.25) is 0 Å². The van der Waals surface area contributed by atoms with E-state index in [1.807, 2.05) is 0 Å². The Kier molecular flexibility index (Phi) is 3.91. The number of nitrogens with one attached hydrogen (secondary N) is 1. The van der Waals surface area contributed by atoms with Crippen LogP contribution in [0.1, 0.15) is 37.8 Å². The number of hydrogen-bond donors (Lipinski definition) is 3. The van der Waals surface area contributed by atoms with Gasteiger partial charge in [-0.05, 0) is 38.0 Å². The molecule has 0 bridgehead atoms. The van der Waals surface area contributed by atoms with Crippen molar-refractivity contribution < 1.29 is 24.2 Å². The number of aromatic hydroxyl groups is 1. The second-order valence-corrected chi connectivity index (χ2v) is 6.13. The summed E-state index contributed by atoms with van der Waals surface area (Å²) in [5, 5.41) is 12.1. The number of carbonyl (C=O) groups excluding carboxylic acids is 2. The van der Waals surface area contributed by atoms with Crippen LogP contribution in [0.5, 0.6) is 5.75 Å². The van der Waals surface area contributed by atoms with E-state index in [0.717, 1.165) is 5.56 Å². The molecule has 0 heterocycles. The lowest BCUT2D eigenvalue weighted by Crippen LogP contribution is -2.45. The van der Waals surface area contributed by atoms with Crippen molar-refractivity contribution >= 4 is 17.7 Å². The van der Waals surface area contributed by atoms with Crippen molar-refractivity contribution in [3.63, 3.8) is 0 Å². The van der Waals surface area contributed by atoms with E-state index in [9.17, 15) is 14.7 Å². The van der Waals surface area contributed by atoms with Crippen LogP contribution in [0, 0.1) is 0 Å². The van der Waals surface area contributed by atoms with Crippen molar-refractivity contribution in [3.05, 3.63) is 23.3 Å². The molecule has 1 aromatic carbocycles. The molecule has 0 aliphatic heterocycles. The van der Waals surface area contributed by atoms with Crippen LogP contribution in [0.25, 0.3) is 0 Å². The SMILES string of the molecule is COC(=O)[C@@H](NC(=O)OC(C)(C)C)C1c2ccc(O)c(N)c21. The Morgan fingerprint density at radius 2 is 2.00 bits per heavy atom. The van der Waals surface area contributed by atoms with E-state index in [4.69, 9.17) is 15.2 Å². The van der Waals surface area contributed by atoms with Crippen molar-refractivity contribution in [1.82, 2.24) is 5.32 Å². The lowest BCUT2D eigenvalue weighted by Gasteiger charge is -2.22. The van der Waals surface area contributed by atoms with Crippen molar-refractivity contribution in [2.45, 2.75) is 38.3 Å². The molecule has 1 unspecified atom stereocenters. The number of phenols is 1. The number of fused-ring (bicyclic) bond motifs is 1. The number of hydrogen-bond acceptors (Lipinski definition) is 6. The summed E-state index contributed by atoms with van der Waals surface area (Å²) in [6.07, 6.45) is -0.719. The Hall–Kier alpha value is -2.44. The molecule has 22 heavy (non-hydrogen) atoms. The number of methoxy groups -OCH3 is 1. The third kappa shape index (κ3) is 3.08. The molecule has 0 fully saturated rings. The molecule has 1 amide bonds. The highest BCUT2D eigenvalue weighted by atomic mass is 16.6. The predicted molar refractivity (Wildman–Crippen MR) is 79.5 cm³/mol. The van der Waals surface area contributed by atoms with Gasteiger partial charge < -0.3 is 25.6 Å². The molecule has 7 nitrogen and oxygen atoms in total. The fourth-order valence-corrected chi connectivity index (χ4v) is 2.36. The standard InChI is InChI=1S/C15H20N2O5/c1-15(2,3)22-14(20)17-12(13(19)21-4)10-7-5-6-8(18)11(16)9(7)10/h5-6,10,12,18H,16H2,1-4H3,(H,17,20)/t10?,12-/m0/s1. The molecular weight excluding hydrogens is 288 g/mol. The molecular formula is C15H20N2O5. The van der Waals surface area contributed by atoms with Gasteiger partial charge in [0.25, 0.3) is 0 Å². The summed E-state index contributed by atoms with van der Waals surface area (Å²) in [6, 6.07) is 2.17. The van der Waals surface area contributed by atoms with Gasteiger partial charge in [0.05, 0.1) is 12.8 Å². The molecule has 2 atom stereocenters. The Balaban J connectivity index is 2.18. The molecule has 0 radical (unpaired) electrons. The Morgan fingerprint density at radius 1 is 1.36 bits per heavy atom. The number of carbonyl (C=O) groups is 2. The second kappa shape index (κ2) is 5.40. The quantitative estimate of drug-likeness (QED) is 0.443. The summed E-state index contributed by atoms with van der Waals surface area (Å²) in [4.78, 5) is 23.9. The van der Waals surface area contributed by atoms with E-state index in [1.54, 1.807) is 26.8 Å². The zero-order chi connectivity index (χ0) is 16.7. The number of ether oxygens (including phenoxy) is 2. The molecule has 120 valence electrons. The molecule has 4 N–H and O–H groups in total. The Morgan fingerprint density at radius 3 is 2.55 bits per heavy atom. The minimum atomic E-state index is -0.945. The largest absolute Gasteiger partial charge is 0.506 e. The zero-order valence-electron chi connectivity index (χ0n) is 13.0. The van der Waals surface area contributed by atoms with Crippen molar-refractivity contribution in [1.29, 1.82) is 0 Å². The van der Waals surface area contributed by atoms with Gasteiger partial charge in [-0.2, -0.15) is 0 Å². The van der Waals surface area contributed by atoms with Crippen LogP contribution >= 0.6 is 0 Å². The third-order valence-electron chi connectivity index (χ3n) is 3.32. The van der Waals surface area contributed by atoms with E-state index in [2.05, 4.69) is 5.32 Å². The van der Waals surface area contributed by atoms with Gasteiger partial charge in [-0.3, -0.25) is 0 Å². The summed E-state index contributed by atoms with van der Waals surface area (Å²) in [6.45, 7) is 5.17. The molecule has 2 rings (SSSR count). The molecule has 0 saturated carbocycles. The van der Waals surface area contributed by atoms with Gasteiger partial charge in [0.15, 0.2) is 0 Å². The number of alkyl carbamates (subject to hydrolysis) is 1. The summed E-state index contributed by atoms with van der Waals surface area (Å²) < 4.78 is 9.89. The fourth-order valence-electron chi connectivity index (χ4n) is 2.36. The number of benzene rings is 1. The van der Waals surface area contributed by atoms with Gasteiger partial charge in [-0.1, -0.05) is 6.07 Å². The van der Waals surface area contributed by atoms with Crippen LogP contribution in [0.2, 0.25) is 0 Å². The molecule has 0 aromatic heterocycles. The van der Waals surface area contributed by atoms with E-state index in [0.29, 0.717) is 5.56 Å².